The van der Waals surface area contributed by atoms with Gasteiger partial charge in [-0.3, -0.25) is 14.5 Å². The number of carbonyl (C=O) groups excluding carboxylic acids is 1. The van der Waals surface area contributed by atoms with Gasteiger partial charge in [0.15, 0.2) is 0 Å². The van der Waals surface area contributed by atoms with Crippen LogP contribution in [0, 0.1) is 11.8 Å². The number of carbonyl (C=O) groups is 1. The average Bonchev–Trinajstić information content (AvgIpc) is 2.74. The first-order valence-electron chi connectivity index (χ1n) is 11.0. The number of likely N-dealkylation sites (tertiary alicyclic amines) is 1. The van der Waals surface area contributed by atoms with E-state index in [2.05, 4.69) is 47.4 Å². The summed E-state index contributed by atoms with van der Waals surface area (Å²) in [5.74, 6) is 1.20. The first-order valence-corrected chi connectivity index (χ1v) is 11.0. The minimum absolute atomic E-state index is 0.0903. The summed E-state index contributed by atoms with van der Waals surface area (Å²) >= 11 is 0. The summed E-state index contributed by atoms with van der Waals surface area (Å²) in [6, 6.07) is 15.5. The fraction of sp³-hybridized carbons (Fsp3) is 0.400. The van der Waals surface area contributed by atoms with E-state index in [-0.39, 0.29) is 18.0 Å². The van der Waals surface area contributed by atoms with Gasteiger partial charge in [0.25, 0.3) is 5.56 Å². The Balaban J connectivity index is 1.40. The van der Waals surface area contributed by atoms with Crippen molar-refractivity contribution in [1.29, 1.82) is 0 Å². The Bertz CT molecular complexity index is 1110. The maximum atomic E-state index is 12.6. The van der Waals surface area contributed by atoms with Crippen molar-refractivity contribution in [2.45, 2.75) is 39.9 Å². The lowest BCUT2D eigenvalue weighted by Gasteiger charge is -2.35. The Hall–Kier alpha value is -2.99. The third-order valence-electron chi connectivity index (χ3n) is 5.99. The Kier molecular flexibility index (Phi) is 6.47. The zero-order chi connectivity index (χ0) is 21.8. The van der Waals surface area contributed by atoms with Gasteiger partial charge in [-0.25, -0.2) is 4.68 Å². The number of hydrogen-bond donors (Lipinski definition) is 1. The van der Waals surface area contributed by atoms with Crippen LogP contribution in [0.2, 0.25) is 0 Å². The zero-order valence-electron chi connectivity index (χ0n) is 18.3. The van der Waals surface area contributed by atoms with Crippen molar-refractivity contribution >= 4 is 16.7 Å². The average molecular weight is 419 g/mol. The Morgan fingerprint density at radius 2 is 1.71 bits per heavy atom. The van der Waals surface area contributed by atoms with Gasteiger partial charge >= 0.3 is 0 Å². The van der Waals surface area contributed by atoms with Gasteiger partial charge in [-0.2, -0.15) is 5.10 Å². The molecule has 2 heterocycles. The molecular formula is C25H30N4O2. The molecule has 0 spiro atoms. The minimum atomic E-state index is -0.248. The van der Waals surface area contributed by atoms with Crippen LogP contribution in [0.4, 0.5) is 0 Å². The fourth-order valence-electron chi connectivity index (χ4n) is 4.67. The van der Waals surface area contributed by atoms with E-state index in [9.17, 15) is 9.59 Å². The van der Waals surface area contributed by atoms with Gasteiger partial charge in [-0.15, -0.1) is 0 Å². The third kappa shape index (κ3) is 5.20. The van der Waals surface area contributed by atoms with E-state index < -0.39 is 0 Å². The van der Waals surface area contributed by atoms with Crippen LogP contribution >= 0.6 is 0 Å². The fourth-order valence-corrected chi connectivity index (χ4v) is 4.67. The van der Waals surface area contributed by atoms with Crippen LogP contribution in [0.15, 0.2) is 59.5 Å². The topological polar surface area (TPSA) is 67.2 Å². The highest BCUT2D eigenvalue weighted by molar-refractivity contribution is 5.81. The number of rotatable bonds is 6. The van der Waals surface area contributed by atoms with Crippen LogP contribution in [0.3, 0.4) is 0 Å². The highest BCUT2D eigenvalue weighted by Gasteiger charge is 2.22. The molecular weight excluding hydrogens is 388 g/mol. The second-order valence-electron chi connectivity index (χ2n) is 8.88. The molecule has 0 unspecified atom stereocenters. The van der Waals surface area contributed by atoms with Gasteiger partial charge in [0.2, 0.25) is 5.91 Å². The summed E-state index contributed by atoms with van der Waals surface area (Å²) in [4.78, 5) is 27.6. The van der Waals surface area contributed by atoms with Gasteiger partial charge in [0.1, 0.15) is 6.54 Å². The van der Waals surface area contributed by atoms with E-state index in [4.69, 9.17) is 0 Å². The predicted molar refractivity (Wildman–Crippen MR) is 123 cm³/mol. The van der Waals surface area contributed by atoms with E-state index in [0.29, 0.717) is 23.8 Å². The van der Waals surface area contributed by atoms with Crippen LogP contribution in [0.5, 0.6) is 0 Å². The predicted octanol–water partition coefficient (Wildman–Crippen LogP) is 3.19. The molecule has 1 aliphatic heterocycles. The number of nitrogens with zero attached hydrogens (tertiary/aromatic N) is 3. The van der Waals surface area contributed by atoms with Crippen molar-refractivity contribution in [3.63, 3.8) is 0 Å². The standard InChI is InChI=1S/C25H30N4O2/c1-18-11-19(2)15-28(14-18)16-22-9-4-3-7-20(22)12-26-24(30)17-29-25(31)23-10-6-5-8-21(23)13-27-29/h3-10,13,18-19H,11-12,14-17H2,1-2H3,(H,26,30)/t18-,19-/m1/s1. The largest absolute Gasteiger partial charge is 0.350 e. The minimum Gasteiger partial charge on any atom is -0.350 e. The molecule has 31 heavy (non-hydrogen) atoms. The van der Waals surface area contributed by atoms with Crippen LogP contribution in [0.25, 0.3) is 10.8 Å². The van der Waals surface area contributed by atoms with Crippen molar-refractivity contribution in [3.8, 4) is 0 Å². The van der Waals surface area contributed by atoms with Crippen molar-refractivity contribution in [1.82, 2.24) is 20.0 Å². The smallest absolute Gasteiger partial charge is 0.275 e. The lowest BCUT2D eigenvalue weighted by molar-refractivity contribution is -0.122. The summed E-state index contributed by atoms with van der Waals surface area (Å²) in [5.41, 5.74) is 2.10. The molecule has 1 fully saturated rings. The maximum absolute atomic E-state index is 12.6. The lowest BCUT2D eigenvalue weighted by Crippen LogP contribution is -2.38. The van der Waals surface area contributed by atoms with Crippen LogP contribution in [-0.2, 0) is 24.4 Å². The molecule has 1 saturated heterocycles. The monoisotopic (exact) mass is 418 g/mol. The van der Waals surface area contributed by atoms with Gasteiger partial charge in [0, 0.05) is 31.6 Å². The number of nitrogens with one attached hydrogen (secondary N) is 1. The summed E-state index contributed by atoms with van der Waals surface area (Å²) in [5, 5.41) is 8.46. The molecule has 1 aliphatic rings. The Labute approximate surface area is 182 Å². The van der Waals surface area contributed by atoms with E-state index >= 15 is 0 Å². The molecule has 162 valence electrons. The van der Waals surface area contributed by atoms with E-state index in [1.807, 2.05) is 24.3 Å². The molecule has 0 saturated carbocycles. The summed E-state index contributed by atoms with van der Waals surface area (Å²) < 4.78 is 1.22. The van der Waals surface area contributed by atoms with E-state index in [0.717, 1.165) is 30.6 Å². The van der Waals surface area contributed by atoms with Gasteiger partial charge in [-0.05, 0) is 35.4 Å². The Morgan fingerprint density at radius 1 is 1.03 bits per heavy atom. The van der Waals surface area contributed by atoms with Gasteiger partial charge < -0.3 is 5.32 Å². The van der Waals surface area contributed by atoms with Crippen molar-refractivity contribution in [3.05, 3.63) is 76.2 Å². The van der Waals surface area contributed by atoms with Crippen LogP contribution < -0.4 is 10.9 Å². The lowest BCUT2D eigenvalue weighted by atomic mass is 9.91. The summed E-state index contributed by atoms with van der Waals surface area (Å²) in [6.45, 7) is 8.11. The maximum Gasteiger partial charge on any atom is 0.275 e. The number of benzene rings is 2. The first kappa shape index (κ1) is 21.2. The van der Waals surface area contributed by atoms with Crippen LogP contribution in [-0.4, -0.2) is 33.7 Å². The number of fused-ring (bicyclic) bond motifs is 1. The molecule has 0 bridgehead atoms. The highest BCUT2D eigenvalue weighted by Crippen LogP contribution is 2.23. The number of hydrogen-bond acceptors (Lipinski definition) is 4. The summed E-state index contributed by atoms with van der Waals surface area (Å²) in [6.07, 6.45) is 2.91. The molecule has 2 aromatic carbocycles. The van der Waals surface area contributed by atoms with Gasteiger partial charge in [0.05, 0.1) is 11.6 Å². The molecule has 1 N–H and O–H groups in total. The SMILES string of the molecule is C[C@@H]1C[C@@H](C)CN(Cc2ccccc2CNC(=O)Cn2ncc3ccccc3c2=O)C1. The van der Waals surface area contributed by atoms with Crippen LogP contribution in [0.1, 0.15) is 31.4 Å². The molecule has 1 amide bonds. The normalized spacial score (nSPS) is 19.4. The summed E-state index contributed by atoms with van der Waals surface area (Å²) in [7, 11) is 0. The number of piperidine rings is 1. The first-order chi connectivity index (χ1) is 15.0. The van der Waals surface area contributed by atoms with E-state index in [1.54, 1.807) is 12.3 Å². The quantitative estimate of drug-likeness (QED) is 0.668. The van der Waals surface area contributed by atoms with Crippen molar-refractivity contribution in [2.24, 2.45) is 11.8 Å². The number of aromatic nitrogens is 2. The second-order valence-corrected chi connectivity index (χ2v) is 8.88. The zero-order valence-corrected chi connectivity index (χ0v) is 18.3. The molecule has 2 atom stereocenters. The molecule has 4 rings (SSSR count). The molecule has 0 radical (unpaired) electrons. The molecule has 6 heteroatoms. The molecule has 3 aromatic rings. The van der Waals surface area contributed by atoms with Crippen molar-refractivity contribution in [2.75, 3.05) is 13.1 Å². The van der Waals surface area contributed by atoms with Gasteiger partial charge in [-0.1, -0.05) is 56.3 Å². The highest BCUT2D eigenvalue weighted by atomic mass is 16.2. The van der Waals surface area contributed by atoms with E-state index in [1.165, 1.54) is 16.7 Å². The molecule has 0 aliphatic carbocycles. The third-order valence-corrected chi connectivity index (χ3v) is 5.99. The Morgan fingerprint density at radius 3 is 2.48 bits per heavy atom. The van der Waals surface area contributed by atoms with Crippen molar-refractivity contribution < 1.29 is 4.79 Å². The number of amides is 1. The second kappa shape index (κ2) is 9.43. The molecule has 6 nitrogen and oxygen atoms in total. The molecule has 1 aromatic heterocycles.